The highest BCUT2D eigenvalue weighted by atomic mass is 32.2. The third kappa shape index (κ3) is 3.06. The Labute approximate surface area is 223 Å². The summed E-state index contributed by atoms with van der Waals surface area (Å²) in [6.45, 7) is 0.517. The molecule has 4 heterocycles. The Morgan fingerprint density at radius 2 is 1.95 bits per heavy atom. The van der Waals surface area contributed by atoms with Gasteiger partial charge in [0.1, 0.15) is 26.4 Å². The summed E-state index contributed by atoms with van der Waals surface area (Å²) in [7, 11) is 5.07. The van der Waals surface area contributed by atoms with Crippen LogP contribution < -0.4 is 9.64 Å². The van der Waals surface area contributed by atoms with Gasteiger partial charge in [0.25, 0.3) is 5.91 Å². The Morgan fingerprint density at radius 3 is 2.68 bits per heavy atom. The van der Waals surface area contributed by atoms with Crippen molar-refractivity contribution in [1.82, 2.24) is 9.80 Å². The number of ether oxygens (including phenoxy) is 1. The third-order valence-electron chi connectivity index (χ3n) is 7.80. The van der Waals surface area contributed by atoms with Crippen LogP contribution in [0.5, 0.6) is 5.75 Å². The molecule has 3 unspecified atom stereocenters. The Morgan fingerprint density at radius 1 is 1.14 bits per heavy atom. The molecule has 1 aromatic heterocycles. The van der Waals surface area contributed by atoms with Gasteiger partial charge in [0, 0.05) is 30.8 Å². The van der Waals surface area contributed by atoms with Crippen LogP contribution in [0.4, 0.5) is 10.1 Å². The molecule has 2 saturated heterocycles. The van der Waals surface area contributed by atoms with Crippen LogP contribution in [0.15, 0.2) is 65.3 Å². The van der Waals surface area contributed by atoms with Gasteiger partial charge in [0.2, 0.25) is 5.91 Å². The van der Waals surface area contributed by atoms with Crippen molar-refractivity contribution in [1.29, 1.82) is 0 Å². The molecule has 0 aliphatic carbocycles. The number of likely N-dealkylation sites (N-methyl/N-ethyl adjacent to an activating group) is 2. The first-order valence-electron chi connectivity index (χ1n) is 11.8. The second-order valence-electron chi connectivity index (χ2n) is 9.52. The quantitative estimate of drug-likeness (QED) is 0.464. The number of likely N-dealkylation sites (tertiary alicyclic amines) is 1. The first kappa shape index (κ1) is 24.1. The number of thiocarbonyl (C=S) groups is 1. The van der Waals surface area contributed by atoms with E-state index in [-0.39, 0.29) is 18.4 Å². The zero-order chi connectivity index (χ0) is 26.1. The van der Waals surface area contributed by atoms with Crippen molar-refractivity contribution in [3.05, 3.63) is 83.6 Å². The Kier molecular flexibility index (Phi) is 5.48. The molecule has 0 radical (unpaired) electrons. The van der Waals surface area contributed by atoms with Gasteiger partial charge in [-0.25, -0.2) is 4.39 Å². The fraction of sp³-hybridized carbons (Fsp3) is 0.296. The number of hydrogen-bond donors (Lipinski definition) is 0. The van der Waals surface area contributed by atoms with E-state index in [1.165, 1.54) is 33.7 Å². The van der Waals surface area contributed by atoms with E-state index >= 15 is 0 Å². The van der Waals surface area contributed by atoms with Crippen LogP contribution in [0.25, 0.3) is 0 Å². The maximum Gasteiger partial charge on any atom is 0.254 e. The smallest absolute Gasteiger partial charge is 0.254 e. The summed E-state index contributed by atoms with van der Waals surface area (Å²) in [5, 5.41) is 0. The summed E-state index contributed by atoms with van der Waals surface area (Å²) < 4.78 is 24.7. The van der Waals surface area contributed by atoms with E-state index in [0.29, 0.717) is 33.6 Å². The normalized spacial score (nSPS) is 27.2. The molecule has 2 aromatic carbocycles. The lowest BCUT2D eigenvalue weighted by atomic mass is 9.72. The van der Waals surface area contributed by atoms with Crippen LogP contribution in [0.1, 0.15) is 22.8 Å². The summed E-state index contributed by atoms with van der Waals surface area (Å²) in [6, 6.07) is 15.4. The molecule has 3 aromatic rings. The second kappa shape index (κ2) is 8.41. The van der Waals surface area contributed by atoms with Crippen molar-refractivity contribution in [2.24, 2.45) is 0 Å². The number of benzene rings is 2. The number of fused-ring (bicyclic) bond motifs is 3. The minimum Gasteiger partial charge on any atom is -0.497 e. The van der Waals surface area contributed by atoms with Crippen molar-refractivity contribution in [3.8, 4) is 5.75 Å². The number of amides is 2. The maximum absolute atomic E-state index is 14.8. The lowest BCUT2D eigenvalue weighted by Crippen LogP contribution is -2.62. The topological polar surface area (TPSA) is 66.2 Å². The predicted octanol–water partition coefficient (Wildman–Crippen LogP) is 4.13. The molecule has 7 nitrogen and oxygen atoms in total. The van der Waals surface area contributed by atoms with E-state index in [4.69, 9.17) is 21.4 Å². The van der Waals surface area contributed by atoms with E-state index in [1.807, 2.05) is 36.2 Å². The summed E-state index contributed by atoms with van der Waals surface area (Å²) in [4.78, 5) is 34.0. The number of thioether (sulfide) groups is 1. The Bertz CT molecular complexity index is 1450. The zero-order valence-corrected chi connectivity index (χ0v) is 22.1. The highest BCUT2D eigenvalue weighted by Gasteiger charge is 2.78. The summed E-state index contributed by atoms with van der Waals surface area (Å²) in [5.41, 5.74) is 0.410. The maximum atomic E-state index is 14.8. The number of carbonyl (C=O) groups is 2. The number of rotatable bonds is 4. The van der Waals surface area contributed by atoms with Crippen molar-refractivity contribution >= 4 is 45.8 Å². The molecule has 2 amide bonds. The van der Waals surface area contributed by atoms with E-state index in [2.05, 4.69) is 0 Å². The number of furan rings is 1. The molecule has 3 atom stereocenters. The lowest BCUT2D eigenvalue weighted by molar-refractivity contribution is -0.139. The molecular weight excluding hydrogens is 513 g/mol. The molecule has 190 valence electrons. The van der Waals surface area contributed by atoms with Gasteiger partial charge in [-0.05, 0) is 55.1 Å². The van der Waals surface area contributed by atoms with Gasteiger partial charge in [-0.15, -0.1) is 0 Å². The number of halogens is 1. The average Bonchev–Trinajstić information content (AvgIpc) is 3.61. The molecule has 10 heteroatoms. The van der Waals surface area contributed by atoms with Crippen LogP contribution in [0, 0.1) is 5.82 Å². The van der Waals surface area contributed by atoms with Crippen molar-refractivity contribution in [2.75, 3.05) is 32.6 Å². The van der Waals surface area contributed by atoms with Crippen molar-refractivity contribution in [2.45, 2.75) is 22.7 Å². The number of nitrogens with zero attached hydrogens (tertiary/aromatic N) is 3. The van der Waals surface area contributed by atoms with Gasteiger partial charge in [-0.3, -0.25) is 19.4 Å². The van der Waals surface area contributed by atoms with Gasteiger partial charge in [-0.2, -0.15) is 0 Å². The first-order valence-corrected chi connectivity index (χ1v) is 13.0. The van der Waals surface area contributed by atoms with Crippen molar-refractivity contribution in [3.63, 3.8) is 0 Å². The van der Waals surface area contributed by atoms with Gasteiger partial charge in [0.05, 0.1) is 19.9 Å². The highest BCUT2D eigenvalue weighted by Crippen LogP contribution is 2.66. The molecule has 2 fully saturated rings. The van der Waals surface area contributed by atoms with Crippen LogP contribution in [-0.2, 0) is 21.7 Å². The molecule has 37 heavy (non-hydrogen) atoms. The van der Waals surface area contributed by atoms with Crippen LogP contribution >= 0.6 is 24.0 Å². The molecule has 3 aliphatic rings. The SMILES string of the molecule is COc1cccc(C2CN(C)C3(C(=O)N(C)c4ccc(F)cc43)C23SC(=S)N(Cc2ccco2)C3=O)c1. The van der Waals surface area contributed by atoms with Gasteiger partial charge >= 0.3 is 0 Å². The van der Waals surface area contributed by atoms with Crippen LogP contribution in [0.3, 0.4) is 0 Å². The van der Waals surface area contributed by atoms with E-state index in [0.717, 1.165) is 5.56 Å². The van der Waals surface area contributed by atoms with Crippen molar-refractivity contribution < 1.29 is 23.1 Å². The zero-order valence-electron chi connectivity index (χ0n) is 20.4. The van der Waals surface area contributed by atoms with E-state index < -0.39 is 22.0 Å². The minimum absolute atomic E-state index is 0.143. The van der Waals surface area contributed by atoms with Crippen LogP contribution in [-0.4, -0.2) is 58.4 Å². The summed E-state index contributed by atoms with van der Waals surface area (Å²) >= 11 is 7.00. The molecule has 3 aliphatic heterocycles. The lowest BCUT2D eigenvalue weighted by Gasteiger charge is -2.42. The molecule has 6 rings (SSSR count). The number of methoxy groups -OCH3 is 1. The third-order valence-corrected chi connectivity index (χ3v) is 9.74. The summed E-state index contributed by atoms with van der Waals surface area (Å²) in [5.74, 6) is -0.285. The summed E-state index contributed by atoms with van der Waals surface area (Å²) in [6.07, 6.45) is 1.54. The molecule has 0 N–H and O–H groups in total. The monoisotopic (exact) mass is 537 g/mol. The van der Waals surface area contributed by atoms with Gasteiger partial charge < -0.3 is 14.1 Å². The minimum atomic E-state index is -1.48. The molecule has 2 spiro atoms. The van der Waals surface area contributed by atoms with Crippen LogP contribution in [0.2, 0.25) is 0 Å². The predicted molar refractivity (Wildman–Crippen MR) is 142 cm³/mol. The standard InChI is InChI=1S/C27H24FN3O4S2/c1-29-15-21(16-6-4-7-18(12-16)34-3)27(24(33)31(25(36)37-27)14-19-8-5-11-35-19)26(29)20-13-17(28)9-10-22(20)30(2)23(26)32/h4-13,21H,14-15H2,1-3H3. The fourth-order valence-corrected chi connectivity index (χ4v) is 8.35. The fourth-order valence-electron chi connectivity index (χ4n) is 6.22. The number of hydrogen-bond acceptors (Lipinski definition) is 7. The Balaban J connectivity index is 1.62. The average molecular weight is 538 g/mol. The largest absolute Gasteiger partial charge is 0.497 e. The van der Waals surface area contributed by atoms with E-state index in [9.17, 15) is 14.0 Å². The molecule has 0 saturated carbocycles. The Hall–Kier alpha value is -3.21. The van der Waals surface area contributed by atoms with Gasteiger partial charge in [0.15, 0.2) is 5.54 Å². The highest BCUT2D eigenvalue weighted by molar-refractivity contribution is 8.25. The second-order valence-corrected chi connectivity index (χ2v) is 11.4. The first-order chi connectivity index (χ1) is 17.8. The molecule has 0 bridgehead atoms. The molecular formula is C27H24FN3O4S2. The van der Waals surface area contributed by atoms with Gasteiger partial charge in [-0.1, -0.05) is 36.1 Å². The van der Waals surface area contributed by atoms with E-state index in [1.54, 1.807) is 38.6 Å². The number of anilines is 1. The number of carbonyl (C=O) groups excluding carboxylic acids is 2.